The molecule has 1 aromatic heterocycles. The zero-order valence-electron chi connectivity index (χ0n) is 13.8. The van der Waals surface area contributed by atoms with Crippen molar-refractivity contribution in [2.24, 2.45) is 0 Å². The number of nitrogens with zero attached hydrogens (tertiary/aromatic N) is 2. The van der Waals surface area contributed by atoms with E-state index in [4.69, 9.17) is 0 Å². The van der Waals surface area contributed by atoms with Gasteiger partial charge in [0.25, 0.3) is 5.91 Å². The van der Waals surface area contributed by atoms with Crippen molar-refractivity contribution >= 4 is 23.3 Å². The number of hydrogen-bond donors (Lipinski definition) is 1. The largest absolute Gasteiger partial charge is 0.325 e. The van der Waals surface area contributed by atoms with E-state index in [9.17, 15) is 18.4 Å². The SMILES string of the molecule is CCCc1nc(CN2C(=O)NC(C)(c3ccc(F)c(F)c3)C2=O)cs1. The maximum atomic E-state index is 13.5. The van der Waals surface area contributed by atoms with Crippen LogP contribution in [0, 0.1) is 11.6 Å². The van der Waals surface area contributed by atoms with E-state index in [2.05, 4.69) is 10.3 Å². The van der Waals surface area contributed by atoms with Crippen LogP contribution in [0.3, 0.4) is 0 Å². The number of aryl methyl sites for hydroxylation is 1. The summed E-state index contributed by atoms with van der Waals surface area (Å²) < 4.78 is 26.7. The Morgan fingerprint density at radius 3 is 2.72 bits per heavy atom. The van der Waals surface area contributed by atoms with Gasteiger partial charge in [0.05, 0.1) is 17.2 Å². The summed E-state index contributed by atoms with van der Waals surface area (Å²) in [7, 11) is 0. The van der Waals surface area contributed by atoms with Crippen LogP contribution < -0.4 is 5.32 Å². The highest BCUT2D eigenvalue weighted by Gasteiger charge is 2.49. The highest BCUT2D eigenvalue weighted by atomic mass is 32.1. The Hall–Kier alpha value is -2.35. The summed E-state index contributed by atoms with van der Waals surface area (Å²) >= 11 is 1.49. The summed E-state index contributed by atoms with van der Waals surface area (Å²) in [4.78, 5) is 30.5. The number of thiazole rings is 1. The van der Waals surface area contributed by atoms with Crippen LogP contribution in [0.4, 0.5) is 13.6 Å². The quantitative estimate of drug-likeness (QED) is 0.827. The van der Waals surface area contributed by atoms with E-state index < -0.39 is 29.1 Å². The number of benzene rings is 1. The number of carbonyl (C=O) groups is 2. The third-order valence-corrected chi connectivity index (χ3v) is 5.11. The van der Waals surface area contributed by atoms with Gasteiger partial charge < -0.3 is 5.32 Å². The molecule has 5 nitrogen and oxygen atoms in total. The number of aromatic nitrogens is 1. The second kappa shape index (κ2) is 6.51. The van der Waals surface area contributed by atoms with E-state index in [1.54, 1.807) is 0 Å². The number of urea groups is 1. The molecule has 3 rings (SSSR count). The first kappa shape index (κ1) is 17.5. The van der Waals surface area contributed by atoms with Crippen molar-refractivity contribution in [3.63, 3.8) is 0 Å². The van der Waals surface area contributed by atoms with Gasteiger partial charge in [0.1, 0.15) is 5.54 Å². The number of hydrogen-bond acceptors (Lipinski definition) is 4. The molecular formula is C17H17F2N3O2S. The Bertz CT molecular complexity index is 839. The summed E-state index contributed by atoms with van der Waals surface area (Å²) in [6, 6.07) is 2.58. The van der Waals surface area contributed by atoms with Crippen molar-refractivity contribution in [3.8, 4) is 0 Å². The van der Waals surface area contributed by atoms with Crippen molar-refractivity contribution in [3.05, 3.63) is 51.5 Å². The normalized spacial score (nSPS) is 20.2. The molecule has 0 saturated carbocycles. The van der Waals surface area contributed by atoms with E-state index in [-0.39, 0.29) is 12.1 Å². The molecule has 8 heteroatoms. The number of rotatable bonds is 5. The summed E-state index contributed by atoms with van der Waals surface area (Å²) in [6.45, 7) is 3.57. The van der Waals surface area contributed by atoms with Gasteiger partial charge in [-0.3, -0.25) is 9.69 Å². The lowest BCUT2D eigenvalue weighted by atomic mass is 9.92. The van der Waals surface area contributed by atoms with Crippen LogP contribution in [-0.4, -0.2) is 21.8 Å². The topological polar surface area (TPSA) is 62.3 Å². The summed E-state index contributed by atoms with van der Waals surface area (Å²) in [5, 5.41) is 5.34. The minimum atomic E-state index is -1.44. The fraction of sp³-hybridized carbons (Fsp3) is 0.353. The van der Waals surface area contributed by atoms with Crippen LogP contribution in [-0.2, 0) is 23.3 Å². The van der Waals surface area contributed by atoms with E-state index >= 15 is 0 Å². The highest BCUT2D eigenvalue weighted by molar-refractivity contribution is 7.09. The van der Waals surface area contributed by atoms with Gasteiger partial charge in [-0.25, -0.2) is 18.6 Å². The molecule has 1 unspecified atom stereocenters. The molecule has 1 aromatic carbocycles. The average Bonchev–Trinajstić information content (AvgIpc) is 3.09. The molecule has 2 aromatic rings. The first-order chi connectivity index (χ1) is 11.8. The second-order valence-electron chi connectivity index (χ2n) is 6.06. The van der Waals surface area contributed by atoms with Crippen LogP contribution in [0.1, 0.15) is 36.5 Å². The first-order valence-electron chi connectivity index (χ1n) is 7.88. The Labute approximate surface area is 147 Å². The first-order valence-corrected chi connectivity index (χ1v) is 8.76. The number of halogens is 2. The van der Waals surface area contributed by atoms with Gasteiger partial charge in [-0.15, -0.1) is 11.3 Å². The molecule has 0 spiro atoms. The van der Waals surface area contributed by atoms with Crippen molar-refractivity contribution in [1.82, 2.24) is 15.2 Å². The van der Waals surface area contributed by atoms with Crippen LogP contribution in [0.15, 0.2) is 23.6 Å². The van der Waals surface area contributed by atoms with E-state index in [0.29, 0.717) is 5.69 Å². The third kappa shape index (κ3) is 3.13. The lowest BCUT2D eigenvalue weighted by Crippen LogP contribution is -2.41. The predicted molar refractivity (Wildman–Crippen MR) is 88.9 cm³/mol. The summed E-state index contributed by atoms with van der Waals surface area (Å²) in [5.41, 5.74) is -0.614. The van der Waals surface area contributed by atoms with Gasteiger partial charge in [0.15, 0.2) is 11.6 Å². The molecule has 1 saturated heterocycles. The molecule has 132 valence electrons. The van der Waals surface area contributed by atoms with E-state index in [1.807, 2.05) is 12.3 Å². The summed E-state index contributed by atoms with van der Waals surface area (Å²) in [5.74, 6) is -2.59. The van der Waals surface area contributed by atoms with E-state index in [0.717, 1.165) is 34.9 Å². The Morgan fingerprint density at radius 1 is 1.28 bits per heavy atom. The molecule has 1 aliphatic heterocycles. The van der Waals surface area contributed by atoms with Gasteiger partial charge >= 0.3 is 6.03 Å². The number of carbonyl (C=O) groups excluding carboxylic acids is 2. The van der Waals surface area contributed by atoms with E-state index in [1.165, 1.54) is 24.3 Å². The zero-order chi connectivity index (χ0) is 18.2. The number of imide groups is 1. The Kier molecular flexibility index (Phi) is 4.55. The molecule has 0 bridgehead atoms. The molecule has 1 aliphatic rings. The monoisotopic (exact) mass is 365 g/mol. The second-order valence-corrected chi connectivity index (χ2v) is 7.00. The van der Waals surface area contributed by atoms with Crippen molar-refractivity contribution < 1.29 is 18.4 Å². The lowest BCUT2D eigenvalue weighted by molar-refractivity contribution is -0.131. The maximum Gasteiger partial charge on any atom is 0.325 e. The van der Waals surface area contributed by atoms with Crippen LogP contribution >= 0.6 is 11.3 Å². The minimum Gasteiger partial charge on any atom is -0.319 e. The standard InChI is InChI=1S/C17H17F2N3O2S/c1-3-4-14-20-11(9-25-14)8-22-15(23)17(2,21-16(22)24)10-5-6-12(18)13(19)7-10/h5-7,9H,3-4,8H2,1-2H3,(H,21,24). The molecule has 3 amide bonds. The molecule has 2 heterocycles. The van der Waals surface area contributed by atoms with Crippen LogP contribution in [0.2, 0.25) is 0 Å². The van der Waals surface area contributed by atoms with Crippen molar-refractivity contribution in [2.75, 3.05) is 0 Å². The molecule has 1 fully saturated rings. The van der Waals surface area contributed by atoms with Crippen LogP contribution in [0.25, 0.3) is 0 Å². The fourth-order valence-corrected chi connectivity index (χ4v) is 3.65. The van der Waals surface area contributed by atoms with Gasteiger partial charge in [-0.05, 0) is 37.5 Å². The molecular weight excluding hydrogens is 348 g/mol. The molecule has 0 aliphatic carbocycles. The van der Waals surface area contributed by atoms with Crippen molar-refractivity contribution in [2.45, 2.75) is 38.8 Å². The number of nitrogens with one attached hydrogen (secondary N) is 1. The fourth-order valence-electron chi connectivity index (χ4n) is 2.76. The van der Waals surface area contributed by atoms with Gasteiger partial charge in [0.2, 0.25) is 0 Å². The highest BCUT2D eigenvalue weighted by Crippen LogP contribution is 2.30. The Morgan fingerprint density at radius 2 is 2.04 bits per heavy atom. The van der Waals surface area contributed by atoms with Gasteiger partial charge in [-0.2, -0.15) is 0 Å². The molecule has 1 N–H and O–H groups in total. The maximum absolute atomic E-state index is 13.5. The van der Waals surface area contributed by atoms with Crippen LogP contribution in [0.5, 0.6) is 0 Å². The number of amides is 3. The molecule has 1 atom stereocenters. The predicted octanol–water partition coefficient (Wildman–Crippen LogP) is 3.34. The zero-order valence-corrected chi connectivity index (χ0v) is 14.6. The van der Waals surface area contributed by atoms with Crippen molar-refractivity contribution in [1.29, 1.82) is 0 Å². The third-order valence-electron chi connectivity index (χ3n) is 4.16. The lowest BCUT2D eigenvalue weighted by Gasteiger charge is -2.22. The average molecular weight is 365 g/mol. The summed E-state index contributed by atoms with van der Waals surface area (Å²) in [6.07, 6.45) is 1.81. The smallest absolute Gasteiger partial charge is 0.319 e. The molecule has 25 heavy (non-hydrogen) atoms. The van der Waals surface area contributed by atoms with Gasteiger partial charge in [-0.1, -0.05) is 13.0 Å². The minimum absolute atomic E-state index is 0.0458. The molecule has 0 radical (unpaired) electrons. The van der Waals surface area contributed by atoms with Gasteiger partial charge in [0, 0.05) is 5.38 Å². The Balaban J connectivity index is 1.84.